The maximum absolute atomic E-state index is 12.5. The van der Waals surface area contributed by atoms with Crippen molar-refractivity contribution in [2.24, 2.45) is 0 Å². The molecule has 5 nitrogen and oxygen atoms in total. The number of amides is 1. The van der Waals surface area contributed by atoms with Crippen LogP contribution in [-0.4, -0.2) is 48.2 Å². The molecule has 0 aromatic rings. The highest BCUT2D eigenvalue weighted by molar-refractivity contribution is 5.78. The van der Waals surface area contributed by atoms with Crippen molar-refractivity contribution in [3.05, 3.63) is 0 Å². The third kappa shape index (κ3) is 23.8. The molecule has 0 saturated carbocycles. The van der Waals surface area contributed by atoms with Crippen LogP contribution in [0, 0.1) is 0 Å². The molecule has 0 aromatic carbocycles. The Morgan fingerprint density at radius 3 is 1.21 bits per heavy atom. The highest BCUT2D eigenvalue weighted by Gasteiger charge is 2.13. The van der Waals surface area contributed by atoms with Crippen molar-refractivity contribution in [1.82, 2.24) is 4.90 Å². The largest absolute Gasteiger partial charge is 0.480 e. The summed E-state index contributed by atoms with van der Waals surface area (Å²) in [6.07, 6.45) is 25.6. The van der Waals surface area contributed by atoms with Gasteiger partial charge in [0.2, 0.25) is 5.91 Å². The van der Waals surface area contributed by atoms with E-state index in [0.29, 0.717) is 0 Å². The number of nitrogens with zero attached hydrogens (tertiary/aromatic N) is 1. The lowest BCUT2D eigenvalue weighted by Gasteiger charge is -2.22. The van der Waals surface area contributed by atoms with Gasteiger partial charge in [0.05, 0.1) is 0 Å². The predicted molar refractivity (Wildman–Crippen MR) is 139 cm³/mol. The smallest absolute Gasteiger partial charge is 0.329 e. The van der Waals surface area contributed by atoms with E-state index < -0.39 is 12.6 Å². The highest BCUT2D eigenvalue weighted by atomic mass is 16.5. The van der Waals surface area contributed by atoms with Gasteiger partial charge in [0.1, 0.15) is 13.2 Å². The van der Waals surface area contributed by atoms with Gasteiger partial charge in [0.25, 0.3) is 0 Å². The van der Waals surface area contributed by atoms with Crippen molar-refractivity contribution in [2.45, 2.75) is 142 Å². The maximum atomic E-state index is 12.5. The summed E-state index contributed by atoms with van der Waals surface area (Å²) < 4.78 is 5.05. The molecule has 196 valence electrons. The Hall–Kier alpha value is -1.10. The minimum absolute atomic E-state index is 0.0666. The molecule has 0 aliphatic heterocycles. The molecule has 1 N–H and O–H groups in total. The molecule has 33 heavy (non-hydrogen) atoms. The number of hydrogen-bond donors (Lipinski definition) is 1. The highest BCUT2D eigenvalue weighted by Crippen LogP contribution is 2.13. The Balaban J connectivity index is 3.97. The standard InChI is InChI=1S/C28H55NO4/c1-3-5-7-9-11-13-15-17-19-21-23-29(27(30)25-33-26-28(31)32)24-22-20-18-16-14-12-10-8-6-4-2/h3-26H2,1-2H3,(H,31,32). The Kier molecular flexibility index (Phi) is 24.7. The van der Waals surface area contributed by atoms with E-state index in [4.69, 9.17) is 9.84 Å². The van der Waals surface area contributed by atoms with Crippen molar-refractivity contribution >= 4 is 11.9 Å². The number of carboxylic acid groups (broad SMARTS) is 1. The molecule has 0 saturated heterocycles. The van der Waals surface area contributed by atoms with Gasteiger partial charge in [-0.3, -0.25) is 4.79 Å². The molecule has 5 heteroatoms. The fourth-order valence-corrected chi connectivity index (χ4v) is 4.26. The van der Waals surface area contributed by atoms with E-state index >= 15 is 0 Å². The summed E-state index contributed by atoms with van der Waals surface area (Å²) in [6, 6.07) is 0. The number of aliphatic carboxylic acids is 1. The first-order chi connectivity index (χ1) is 16.1. The first-order valence-corrected chi connectivity index (χ1v) is 14.2. The van der Waals surface area contributed by atoms with Crippen LogP contribution in [0.4, 0.5) is 0 Å². The van der Waals surface area contributed by atoms with Crippen LogP contribution in [0.15, 0.2) is 0 Å². The van der Waals surface area contributed by atoms with E-state index in [2.05, 4.69) is 13.8 Å². The summed E-state index contributed by atoms with van der Waals surface area (Å²) in [7, 11) is 0. The van der Waals surface area contributed by atoms with Gasteiger partial charge in [-0.15, -0.1) is 0 Å². The molecular weight excluding hydrogens is 414 g/mol. The fourth-order valence-electron chi connectivity index (χ4n) is 4.26. The van der Waals surface area contributed by atoms with Crippen LogP contribution >= 0.6 is 0 Å². The third-order valence-corrected chi connectivity index (χ3v) is 6.37. The first kappa shape index (κ1) is 31.9. The predicted octanol–water partition coefficient (Wildman–Crippen LogP) is 7.76. The molecule has 0 aliphatic rings. The maximum Gasteiger partial charge on any atom is 0.329 e. The summed E-state index contributed by atoms with van der Waals surface area (Å²) in [5.41, 5.74) is 0. The number of rotatable bonds is 26. The average molecular weight is 470 g/mol. The average Bonchev–Trinajstić information content (AvgIpc) is 2.79. The van der Waals surface area contributed by atoms with Crippen LogP contribution < -0.4 is 0 Å². The lowest BCUT2D eigenvalue weighted by molar-refractivity contribution is -0.145. The topological polar surface area (TPSA) is 66.8 Å². The van der Waals surface area contributed by atoms with Gasteiger partial charge in [-0.05, 0) is 12.8 Å². The number of unbranched alkanes of at least 4 members (excludes halogenated alkanes) is 18. The van der Waals surface area contributed by atoms with E-state index in [-0.39, 0.29) is 12.5 Å². The Labute approximate surface area is 205 Å². The van der Waals surface area contributed by atoms with Crippen LogP contribution in [-0.2, 0) is 14.3 Å². The quantitative estimate of drug-likeness (QED) is 0.131. The summed E-state index contributed by atoms with van der Waals surface area (Å²) in [5.74, 6) is -1.10. The molecule has 0 bridgehead atoms. The van der Waals surface area contributed by atoms with Crippen molar-refractivity contribution in [3.63, 3.8) is 0 Å². The summed E-state index contributed by atoms with van der Waals surface area (Å²) in [5, 5.41) is 8.72. The second kappa shape index (κ2) is 25.5. The molecule has 1 amide bonds. The zero-order chi connectivity index (χ0) is 24.4. The van der Waals surface area contributed by atoms with E-state index in [1.807, 2.05) is 4.90 Å². The first-order valence-electron chi connectivity index (χ1n) is 14.2. The van der Waals surface area contributed by atoms with Crippen LogP contribution in [0.2, 0.25) is 0 Å². The van der Waals surface area contributed by atoms with Gasteiger partial charge in [-0.1, -0.05) is 129 Å². The van der Waals surface area contributed by atoms with Gasteiger partial charge >= 0.3 is 5.97 Å². The number of ether oxygens (including phenoxy) is 1. The monoisotopic (exact) mass is 469 g/mol. The van der Waals surface area contributed by atoms with Crippen molar-refractivity contribution in [2.75, 3.05) is 26.3 Å². The normalized spacial score (nSPS) is 11.1. The fraction of sp³-hybridized carbons (Fsp3) is 0.929. The van der Waals surface area contributed by atoms with Gasteiger partial charge in [0, 0.05) is 13.1 Å². The van der Waals surface area contributed by atoms with Crippen molar-refractivity contribution in [3.8, 4) is 0 Å². The minimum atomic E-state index is -1.03. The van der Waals surface area contributed by atoms with E-state index in [9.17, 15) is 9.59 Å². The van der Waals surface area contributed by atoms with Crippen LogP contribution in [0.3, 0.4) is 0 Å². The molecule has 0 aliphatic carbocycles. The van der Waals surface area contributed by atoms with Gasteiger partial charge in [-0.25, -0.2) is 4.79 Å². The van der Waals surface area contributed by atoms with Crippen molar-refractivity contribution < 1.29 is 19.4 Å². The lowest BCUT2D eigenvalue weighted by Crippen LogP contribution is -2.36. The summed E-state index contributed by atoms with van der Waals surface area (Å²) >= 11 is 0. The SMILES string of the molecule is CCCCCCCCCCCCN(CCCCCCCCCCCC)C(=O)COCC(=O)O. The minimum Gasteiger partial charge on any atom is -0.480 e. The number of carboxylic acids is 1. The number of carbonyl (C=O) groups is 2. The molecule has 0 aromatic heterocycles. The third-order valence-electron chi connectivity index (χ3n) is 6.37. The zero-order valence-electron chi connectivity index (χ0n) is 22.1. The summed E-state index contributed by atoms with van der Waals surface area (Å²) in [4.78, 5) is 25.1. The molecule has 0 rings (SSSR count). The molecule has 0 spiro atoms. The molecule has 0 unspecified atom stereocenters. The number of carbonyl (C=O) groups excluding carboxylic acids is 1. The van der Waals surface area contributed by atoms with Crippen LogP contribution in [0.1, 0.15) is 142 Å². The second-order valence-electron chi connectivity index (χ2n) is 9.63. The van der Waals surface area contributed by atoms with E-state index in [1.165, 1.54) is 103 Å². The molecular formula is C28H55NO4. The van der Waals surface area contributed by atoms with Crippen molar-refractivity contribution in [1.29, 1.82) is 0 Å². The number of hydrogen-bond acceptors (Lipinski definition) is 3. The second-order valence-corrected chi connectivity index (χ2v) is 9.63. The van der Waals surface area contributed by atoms with Crippen LogP contribution in [0.25, 0.3) is 0 Å². The van der Waals surface area contributed by atoms with Gasteiger partial charge in [-0.2, -0.15) is 0 Å². The van der Waals surface area contributed by atoms with Gasteiger partial charge < -0.3 is 14.7 Å². The zero-order valence-corrected chi connectivity index (χ0v) is 22.1. The Morgan fingerprint density at radius 2 is 0.879 bits per heavy atom. The molecule has 0 atom stereocenters. The van der Waals surface area contributed by atoms with Gasteiger partial charge in [0.15, 0.2) is 0 Å². The lowest BCUT2D eigenvalue weighted by atomic mass is 10.1. The summed E-state index contributed by atoms with van der Waals surface area (Å²) in [6.45, 7) is 5.51. The Bertz CT molecular complexity index is 418. The molecule has 0 heterocycles. The molecule has 0 fully saturated rings. The van der Waals surface area contributed by atoms with Crippen LogP contribution in [0.5, 0.6) is 0 Å². The van der Waals surface area contributed by atoms with E-state index in [1.54, 1.807) is 0 Å². The molecule has 0 radical (unpaired) electrons. The Morgan fingerprint density at radius 1 is 0.545 bits per heavy atom. The van der Waals surface area contributed by atoms with E-state index in [0.717, 1.165) is 38.8 Å².